The Kier molecular flexibility index (Phi) is 6.54. The van der Waals surface area contributed by atoms with Gasteiger partial charge in [-0.2, -0.15) is 0 Å². The fraction of sp³-hybridized carbons (Fsp3) is 0. The van der Waals surface area contributed by atoms with Crippen LogP contribution in [0.4, 0.5) is 0 Å². The summed E-state index contributed by atoms with van der Waals surface area (Å²) in [5, 5.41) is 20.6. The van der Waals surface area contributed by atoms with Gasteiger partial charge in [0.15, 0.2) is 0 Å². The standard InChI is InChI=1S/C58H34/c1-2-10-35(11-3-1)55-46-19-7-5-13-43(46)33-52(48-29-25-41-23-21-37-15-9-17-39-27-31-50(48)57(41)54(37)39)58(55)44-32-42-12-4-6-18-45(42)51(34-44)47-28-24-40-22-20-36-14-8-16-38-26-30-49(47)56(40)53(36)38/h1-34H. The highest BCUT2D eigenvalue weighted by atomic mass is 14.3. The van der Waals surface area contributed by atoms with Crippen molar-refractivity contribution >= 4 is 86.2 Å². The van der Waals surface area contributed by atoms with E-state index in [2.05, 4.69) is 206 Å². The lowest BCUT2D eigenvalue weighted by atomic mass is 9.80. The third kappa shape index (κ3) is 4.46. The Morgan fingerprint density at radius 3 is 1.24 bits per heavy atom. The van der Waals surface area contributed by atoms with Gasteiger partial charge in [0.1, 0.15) is 0 Å². The van der Waals surface area contributed by atoms with E-state index in [9.17, 15) is 0 Å². The molecule has 0 aliphatic heterocycles. The van der Waals surface area contributed by atoms with Gasteiger partial charge in [-0.15, -0.1) is 0 Å². The number of fused-ring (bicyclic) bond motifs is 2. The largest absolute Gasteiger partial charge is 0.0622 e. The van der Waals surface area contributed by atoms with Crippen LogP contribution in [0, 0.1) is 0 Å². The van der Waals surface area contributed by atoms with Crippen LogP contribution in [0.2, 0.25) is 0 Å². The third-order valence-corrected chi connectivity index (χ3v) is 12.9. The molecule has 0 aliphatic carbocycles. The van der Waals surface area contributed by atoms with Crippen molar-refractivity contribution in [1.29, 1.82) is 0 Å². The van der Waals surface area contributed by atoms with Crippen LogP contribution in [0.25, 0.3) is 131 Å². The lowest BCUT2D eigenvalue weighted by Gasteiger charge is -2.23. The minimum Gasteiger partial charge on any atom is -0.0622 e. The fourth-order valence-electron chi connectivity index (χ4n) is 10.4. The highest BCUT2D eigenvalue weighted by Gasteiger charge is 2.23. The number of hydrogen-bond acceptors (Lipinski definition) is 0. The topological polar surface area (TPSA) is 0 Å². The Labute approximate surface area is 335 Å². The van der Waals surface area contributed by atoms with Crippen LogP contribution in [0.3, 0.4) is 0 Å². The molecule has 0 amide bonds. The van der Waals surface area contributed by atoms with Crippen molar-refractivity contribution in [3.8, 4) is 44.5 Å². The van der Waals surface area contributed by atoms with E-state index >= 15 is 0 Å². The van der Waals surface area contributed by atoms with Crippen LogP contribution >= 0.6 is 0 Å². The summed E-state index contributed by atoms with van der Waals surface area (Å²) in [7, 11) is 0. The van der Waals surface area contributed by atoms with Crippen molar-refractivity contribution in [2.45, 2.75) is 0 Å². The molecule has 0 bridgehead atoms. The summed E-state index contributed by atoms with van der Waals surface area (Å²) >= 11 is 0. The van der Waals surface area contributed by atoms with E-state index in [0.717, 1.165) is 0 Å². The SMILES string of the molecule is c1ccc(-c2c(-c3cc(-c4ccc5ccc6cccc7ccc4c5c67)c4ccccc4c3)c(-c3ccc4ccc5cccc6ccc3c4c56)cc3ccccc23)cc1. The van der Waals surface area contributed by atoms with Gasteiger partial charge in [-0.3, -0.25) is 0 Å². The van der Waals surface area contributed by atoms with Gasteiger partial charge in [-0.05, 0) is 149 Å². The third-order valence-electron chi connectivity index (χ3n) is 12.9. The lowest BCUT2D eigenvalue weighted by molar-refractivity contribution is 1.61. The number of rotatable bonds is 4. The number of benzene rings is 13. The molecule has 0 unspecified atom stereocenters. The summed E-state index contributed by atoms with van der Waals surface area (Å²) in [6.07, 6.45) is 0. The zero-order valence-corrected chi connectivity index (χ0v) is 31.6. The van der Waals surface area contributed by atoms with E-state index < -0.39 is 0 Å². The van der Waals surface area contributed by atoms with Crippen molar-refractivity contribution in [2.24, 2.45) is 0 Å². The van der Waals surface area contributed by atoms with Crippen LogP contribution in [-0.4, -0.2) is 0 Å². The molecule has 266 valence electrons. The Bertz CT molecular complexity index is 3740. The Morgan fingerprint density at radius 1 is 0.190 bits per heavy atom. The Balaban J connectivity index is 1.19. The molecule has 13 aromatic rings. The molecule has 0 fully saturated rings. The summed E-state index contributed by atoms with van der Waals surface area (Å²) in [5.41, 5.74) is 9.94. The second-order valence-corrected chi connectivity index (χ2v) is 15.9. The van der Waals surface area contributed by atoms with Gasteiger partial charge in [0, 0.05) is 0 Å². The molecule has 0 aliphatic rings. The summed E-state index contributed by atoms with van der Waals surface area (Å²) in [6, 6.07) is 77.5. The van der Waals surface area contributed by atoms with Gasteiger partial charge in [-0.1, -0.05) is 188 Å². The first kappa shape index (κ1) is 31.6. The summed E-state index contributed by atoms with van der Waals surface area (Å²) < 4.78 is 0. The minimum absolute atomic E-state index is 1.21. The van der Waals surface area contributed by atoms with Crippen molar-refractivity contribution in [3.63, 3.8) is 0 Å². The molecule has 58 heavy (non-hydrogen) atoms. The van der Waals surface area contributed by atoms with E-state index in [1.807, 2.05) is 0 Å². The fourth-order valence-corrected chi connectivity index (χ4v) is 10.4. The van der Waals surface area contributed by atoms with E-state index in [1.165, 1.54) is 131 Å². The molecule has 0 radical (unpaired) electrons. The first-order chi connectivity index (χ1) is 28.8. The monoisotopic (exact) mass is 730 g/mol. The van der Waals surface area contributed by atoms with Crippen LogP contribution < -0.4 is 0 Å². The van der Waals surface area contributed by atoms with Gasteiger partial charge in [0.2, 0.25) is 0 Å². The molecule has 0 saturated carbocycles. The molecule has 13 aromatic carbocycles. The van der Waals surface area contributed by atoms with Gasteiger partial charge >= 0.3 is 0 Å². The van der Waals surface area contributed by atoms with Gasteiger partial charge < -0.3 is 0 Å². The summed E-state index contributed by atoms with van der Waals surface area (Å²) in [5.74, 6) is 0. The average Bonchev–Trinajstić information content (AvgIpc) is 3.29. The molecule has 0 aromatic heterocycles. The maximum absolute atomic E-state index is 2.49. The van der Waals surface area contributed by atoms with Crippen LogP contribution in [0.5, 0.6) is 0 Å². The molecule has 0 atom stereocenters. The molecule has 0 heterocycles. The predicted octanol–water partition coefficient (Wildman–Crippen LogP) is 16.5. The smallest absolute Gasteiger partial charge is 0.00197 e. The molecule has 0 saturated heterocycles. The van der Waals surface area contributed by atoms with Crippen molar-refractivity contribution in [3.05, 3.63) is 206 Å². The number of hydrogen-bond donors (Lipinski definition) is 0. The van der Waals surface area contributed by atoms with E-state index in [4.69, 9.17) is 0 Å². The van der Waals surface area contributed by atoms with Crippen molar-refractivity contribution in [1.82, 2.24) is 0 Å². The Hall–Kier alpha value is -7.54. The van der Waals surface area contributed by atoms with Crippen molar-refractivity contribution in [2.75, 3.05) is 0 Å². The second kappa shape index (κ2) is 12.0. The zero-order chi connectivity index (χ0) is 37.9. The molecule has 13 rings (SSSR count). The Morgan fingerprint density at radius 2 is 0.638 bits per heavy atom. The van der Waals surface area contributed by atoms with Gasteiger partial charge in [0.25, 0.3) is 0 Å². The summed E-state index contributed by atoms with van der Waals surface area (Å²) in [6.45, 7) is 0. The highest BCUT2D eigenvalue weighted by Crippen LogP contribution is 2.50. The summed E-state index contributed by atoms with van der Waals surface area (Å²) in [4.78, 5) is 0. The van der Waals surface area contributed by atoms with E-state index in [1.54, 1.807) is 0 Å². The molecule has 0 spiro atoms. The zero-order valence-electron chi connectivity index (χ0n) is 31.6. The normalized spacial score (nSPS) is 12.1. The molecular formula is C58H34. The van der Waals surface area contributed by atoms with Gasteiger partial charge in [0.05, 0.1) is 0 Å². The first-order valence-electron chi connectivity index (χ1n) is 20.2. The van der Waals surface area contributed by atoms with E-state index in [-0.39, 0.29) is 0 Å². The lowest BCUT2D eigenvalue weighted by Crippen LogP contribution is -1.96. The maximum atomic E-state index is 2.49. The minimum atomic E-state index is 1.21. The maximum Gasteiger partial charge on any atom is -0.00197 e. The molecule has 0 nitrogen and oxygen atoms in total. The van der Waals surface area contributed by atoms with E-state index in [0.29, 0.717) is 0 Å². The van der Waals surface area contributed by atoms with Crippen molar-refractivity contribution < 1.29 is 0 Å². The van der Waals surface area contributed by atoms with Gasteiger partial charge in [-0.25, -0.2) is 0 Å². The molecule has 0 heteroatoms. The highest BCUT2D eigenvalue weighted by molar-refractivity contribution is 6.28. The second-order valence-electron chi connectivity index (χ2n) is 15.9. The first-order valence-corrected chi connectivity index (χ1v) is 20.2. The van der Waals surface area contributed by atoms with Crippen LogP contribution in [0.15, 0.2) is 206 Å². The average molecular weight is 731 g/mol. The molecular weight excluding hydrogens is 697 g/mol. The quantitative estimate of drug-likeness (QED) is 0.158. The predicted molar refractivity (Wildman–Crippen MR) is 251 cm³/mol. The van der Waals surface area contributed by atoms with Crippen LogP contribution in [0.1, 0.15) is 0 Å². The molecule has 0 N–H and O–H groups in total. The van der Waals surface area contributed by atoms with Crippen LogP contribution in [-0.2, 0) is 0 Å².